The largest absolute Gasteiger partial charge is 0.315 e. The van der Waals surface area contributed by atoms with Crippen molar-refractivity contribution in [3.8, 4) is 0 Å². The van der Waals surface area contributed by atoms with Crippen molar-refractivity contribution >= 4 is 38.9 Å². The first-order valence-electron chi connectivity index (χ1n) is 6.46. The molecular weight excluding hydrogens is 319 g/mol. The first-order chi connectivity index (χ1) is 9.27. The molecule has 0 aliphatic carbocycles. The lowest BCUT2D eigenvalue weighted by Crippen LogP contribution is -2.35. The summed E-state index contributed by atoms with van der Waals surface area (Å²) in [4.78, 5) is 0. The monoisotopic (exact) mass is 338 g/mol. The van der Waals surface area contributed by atoms with E-state index in [1.54, 1.807) is 13.0 Å². The molecule has 0 aliphatic rings. The minimum Gasteiger partial charge on any atom is -0.315 e. The smallest absolute Gasteiger partial charge is 0.236 e. The van der Waals surface area contributed by atoms with E-state index in [1.165, 1.54) is 6.07 Å². The van der Waals surface area contributed by atoms with Crippen LogP contribution in [0.2, 0.25) is 10.0 Å². The maximum absolute atomic E-state index is 12.2. The van der Waals surface area contributed by atoms with Crippen molar-refractivity contribution in [2.24, 2.45) is 0 Å². The molecule has 1 rings (SSSR count). The molecule has 0 aromatic heterocycles. The standard InChI is InChI=1S/C13H20Cl2N2O2S/c1-4-5-16-8-10(3)20(18,19)17-13-7-11(14)9(2)6-12(13)15/h6-7,10,16-17H,4-5,8H2,1-3H3. The number of rotatable bonds is 7. The molecule has 0 saturated carbocycles. The minimum absolute atomic E-state index is 0.310. The zero-order valence-corrected chi connectivity index (χ0v) is 14.2. The van der Waals surface area contributed by atoms with E-state index in [0.29, 0.717) is 22.3 Å². The van der Waals surface area contributed by atoms with E-state index in [9.17, 15) is 8.42 Å². The lowest BCUT2D eigenvalue weighted by Gasteiger charge is -2.16. The second-order valence-electron chi connectivity index (χ2n) is 4.74. The Morgan fingerprint density at radius 2 is 1.90 bits per heavy atom. The fourth-order valence-corrected chi connectivity index (χ4v) is 3.07. The second-order valence-corrected chi connectivity index (χ2v) is 7.66. The van der Waals surface area contributed by atoms with Gasteiger partial charge in [0.1, 0.15) is 0 Å². The predicted molar refractivity (Wildman–Crippen MR) is 86.4 cm³/mol. The van der Waals surface area contributed by atoms with Crippen LogP contribution in [0.25, 0.3) is 0 Å². The van der Waals surface area contributed by atoms with Crippen LogP contribution in [0.4, 0.5) is 5.69 Å². The SMILES string of the molecule is CCCNCC(C)S(=O)(=O)Nc1cc(Cl)c(C)cc1Cl. The highest BCUT2D eigenvalue weighted by Crippen LogP contribution is 2.29. The maximum atomic E-state index is 12.2. The number of hydrogen-bond acceptors (Lipinski definition) is 3. The summed E-state index contributed by atoms with van der Waals surface area (Å²) in [6.07, 6.45) is 0.958. The summed E-state index contributed by atoms with van der Waals surface area (Å²) in [5.41, 5.74) is 1.11. The Kier molecular flexibility index (Phi) is 6.58. The molecule has 0 saturated heterocycles. The lowest BCUT2D eigenvalue weighted by atomic mass is 10.2. The Morgan fingerprint density at radius 3 is 2.50 bits per heavy atom. The normalized spacial score (nSPS) is 13.2. The van der Waals surface area contributed by atoms with Crippen LogP contribution in [-0.4, -0.2) is 26.8 Å². The molecule has 2 N–H and O–H groups in total. The van der Waals surface area contributed by atoms with Crippen molar-refractivity contribution in [1.82, 2.24) is 5.32 Å². The minimum atomic E-state index is -3.50. The van der Waals surface area contributed by atoms with Gasteiger partial charge in [-0.25, -0.2) is 8.42 Å². The van der Waals surface area contributed by atoms with E-state index in [0.717, 1.165) is 18.5 Å². The van der Waals surface area contributed by atoms with Crippen LogP contribution >= 0.6 is 23.2 Å². The zero-order chi connectivity index (χ0) is 15.3. The zero-order valence-electron chi connectivity index (χ0n) is 11.8. The molecule has 1 atom stereocenters. The average molecular weight is 339 g/mol. The van der Waals surface area contributed by atoms with Crippen LogP contribution in [0.3, 0.4) is 0 Å². The summed E-state index contributed by atoms with van der Waals surface area (Å²) in [7, 11) is -3.50. The first kappa shape index (κ1) is 17.6. The third-order valence-corrected chi connectivity index (χ3v) is 5.34. The van der Waals surface area contributed by atoms with Gasteiger partial charge in [-0.05, 0) is 44.5 Å². The molecule has 0 amide bonds. The highest BCUT2D eigenvalue weighted by molar-refractivity contribution is 7.93. The van der Waals surface area contributed by atoms with E-state index >= 15 is 0 Å². The van der Waals surface area contributed by atoms with E-state index in [-0.39, 0.29) is 0 Å². The number of benzene rings is 1. The number of sulfonamides is 1. The van der Waals surface area contributed by atoms with Crippen LogP contribution in [0.5, 0.6) is 0 Å². The molecule has 7 heteroatoms. The molecule has 0 aliphatic heterocycles. The Morgan fingerprint density at radius 1 is 1.25 bits per heavy atom. The molecular formula is C13H20Cl2N2O2S. The van der Waals surface area contributed by atoms with Gasteiger partial charge in [0.2, 0.25) is 10.0 Å². The van der Waals surface area contributed by atoms with Gasteiger partial charge in [0, 0.05) is 11.6 Å². The molecule has 0 spiro atoms. The molecule has 0 bridgehead atoms. The molecule has 4 nitrogen and oxygen atoms in total. The van der Waals surface area contributed by atoms with Crippen LogP contribution in [0.1, 0.15) is 25.8 Å². The molecule has 20 heavy (non-hydrogen) atoms. The van der Waals surface area contributed by atoms with Crippen molar-refractivity contribution in [3.05, 3.63) is 27.7 Å². The van der Waals surface area contributed by atoms with Gasteiger partial charge < -0.3 is 5.32 Å². The van der Waals surface area contributed by atoms with Gasteiger partial charge in [-0.15, -0.1) is 0 Å². The molecule has 0 radical (unpaired) electrons. The van der Waals surface area contributed by atoms with Gasteiger partial charge in [-0.3, -0.25) is 4.72 Å². The van der Waals surface area contributed by atoms with Crippen molar-refractivity contribution in [3.63, 3.8) is 0 Å². The molecule has 1 unspecified atom stereocenters. The molecule has 1 aromatic carbocycles. The Bertz CT molecular complexity index is 562. The summed E-state index contributed by atoms with van der Waals surface area (Å²) in [5.74, 6) is 0. The van der Waals surface area contributed by atoms with Crippen molar-refractivity contribution in [2.75, 3.05) is 17.8 Å². The summed E-state index contributed by atoms with van der Waals surface area (Å²) in [5, 5.41) is 3.33. The fraction of sp³-hybridized carbons (Fsp3) is 0.538. The molecule has 1 aromatic rings. The van der Waals surface area contributed by atoms with E-state index in [4.69, 9.17) is 23.2 Å². The van der Waals surface area contributed by atoms with E-state index < -0.39 is 15.3 Å². The van der Waals surface area contributed by atoms with Crippen molar-refractivity contribution in [1.29, 1.82) is 0 Å². The number of aryl methyl sites for hydroxylation is 1. The summed E-state index contributed by atoms with van der Waals surface area (Å²) < 4.78 is 26.9. The van der Waals surface area contributed by atoms with Crippen LogP contribution in [-0.2, 0) is 10.0 Å². The van der Waals surface area contributed by atoms with Gasteiger partial charge >= 0.3 is 0 Å². The lowest BCUT2D eigenvalue weighted by molar-refractivity contribution is 0.576. The van der Waals surface area contributed by atoms with Gasteiger partial charge in [-0.2, -0.15) is 0 Å². The van der Waals surface area contributed by atoms with Gasteiger partial charge in [-0.1, -0.05) is 30.1 Å². The molecule has 0 heterocycles. The highest BCUT2D eigenvalue weighted by atomic mass is 35.5. The number of nitrogens with one attached hydrogen (secondary N) is 2. The highest BCUT2D eigenvalue weighted by Gasteiger charge is 2.21. The summed E-state index contributed by atoms with van der Waals surface area (Å²) in [6, 6.07) is 3.17. The average Bonchev–Trinajstić information content (AvgIpc) is 2.35. The quantitative estimate of drug-likeness (QED) is 0.748. The van der Waals surface area contributed by atoms with E-state index in [1.807, 2.05) is 13.8 Å². The third-order valence-electron chi connectivity index (χ3n) is 2.89. The van der Waals surface area contributed by atoms with Gasteiger partial charge in [0.15, 0.2) is 0 Å². The van der Waals surface area contributed by atoms with Crippen LogP contribution in [0, 0.1) is 6.92 Å². The van der Waals surface area contributed by atoms with Crippen molar-refractivity contribution in [2.45, 2.75) is 32.4 Å². The van der Waals surface area contributed by atoms with Gasteiger partial charge in [0.25, 0.3) is 0 Å². The van der Waals surface area contributed by atoms with Crippen LogP contribution in [0.15, 0.2) is 12.1 Å². The Hall–Kier alpha value is -0.490. The van der Waals surface area contributed by atoms with Crippen molar-refractivity contribution < 1.29 is 8.42 Å². The third kappa shape index (κ3) is 4.81. The maximum Gasteiger partial charge on any atom is 0.236 e. The van der Waals surface area contributed by atoms with Crippen LogP contribution < -0.4 is 10.0 Å². The number of hydrogen-bond donors (Lipinski definition) is 2. The predicted octanol–water partition coefficient (Wildman–Crippen LogP) is 3.43. The fourth-order valence-electron chi connectivity index (χ4n) is 1.57. The number of halogens is 2. The topological polar surface area (TPSA) is 58.2 Å². The second kappa shape index (κ2) is 7.50. The molecule has 114 valence electrons. The first-order valence-corrected chi connectivity index (χ1v) is 8.76. The molecule has 0 fully saturated rings. The van der Waals surface area contributed by atoms with E-state index in [2.05, 4.69) is 10.0 Å². The summed E-state index contributed by atoms with van der Waals surface area (Å²) in [6.45, 7) is 6.66. The van der Waals surface area contributed by atoms with Gasteiger partial charge in [0.05, 0.1) is 16.0 Å². The number of anilines is 1. The summed E-state index contributed by atoms with van der Waals surface area (Å²) >= 11 is 12.0. The Labute approximate surface area is 130 Å². The Balaban J connectivity index is 2.83.